The molecular formula is C35H50O11SSi. The lowest BCUT2D eigenvalue weighted by molar-refractivity contribution is -0.344. The van der Waals surface area contributed by atoms with E-state index in [0.717, 1.165) is 29.5 Å². The minimum absolute atomic E-state index is 0.124. The quantitative estimate of drug-likeness (QED) is 0.158. The normalized spacial score (nSPS) is 37.3. The maximum Gasteiger partial charge on any atom is 0.348 e. The number of aliphatic hydroxyl groups excluding tert-OH is 1. The molecule has 48 heavy (non-hydrogen) atoms. The largest absolute Gasteiger partial charge is 0.455 e. The average molecular weight is 707 g/mol. The number of ether oxygens (including phenoxy) is 4. The standard InChI is InChI=1S/C35H50O11SSi/c1-10-48(11-2,12-3)46-24-16-25-34(18-42-25,45-21(6)37)28-30(44-31(40)23-14-13-15-47-23)35(41)17-22(38)19(4)26(32(35,7)8)27(43-20(5)36)29(39)33(24,28)9/h13-15,22,24-25,27-28,30,38,41H,10-12,16-18H2,1-9H3/t22-,24-,25+,27+,28-,30-,33+,34-,35+/m0/s1. The number of ketones is 1. The van der Waals surface area contributed by atoms with Crippen molar-refractivity contribution < 1.29 is 52.8 Å². The van der Waals surface area contributed by atoms with Crippen LogP contribution in [0.1, 0.15) is 84.8 Å². The monoisotopic (exact) mass is 706 g/mol. The van der Waals surface area contributed by atoms with Crippen LogP contribution in [0.4, 0.5) is 0 Å². The van der Waals surface area contributed by atoms with E-state index in [0.29, 0.717) is 5.57 Å². The van der Waals surface area contributed by atoms with Crippen molar-refractivity contribution in [3.63, 3.8) is 0 Å². The Hall–Kier alpha value is -2.42. The van der Waals surface area contributed by atoms with Crippen LogP contribution < -0.4 is 0 Å². The number of carbonyl (C=O) groups excluding carboxylic acids is 4. The average Bonchev–Trinajstić information content (AvgIpc) is 3.56. The van der Waals surface area contributed by atoms with Crippen molar-refractivity contribution in [1.82, 2.24) is 0 Å². The molecule has 0 radical (unpaired) electrons. The first kappa shape index (κ1) is 36.8. The number of rotatable bonds is 9. The highest BCUT2D eigenvalue weighted by Crippen LogP contribution is 2.65. The van der Waals surface area contributed by atoms with E-state index in [1.54, 1.807) is 45.2 Å². The van der Waals surface area contributed by atoms with E-state index < -0.39 is 90.5 Å². The van der Waals surface area contributed by atoms with Crippen molar-refractivity contribution in [1.29, 1.82) is 0 Å². The SMILES string of the molecule is CC[Si](CC)(CC)O[C@H]1C[C@H]2OC[C@@]2(OC(C)=O)[C@H]2[C@H](OC(=O)c3cccs3)[C@]3(O)C[C@H](O)C(C)=C([C@@H](OC(C)=O)C(=O)[C@]12C)C3(C)C. The Balaban J connectivity index is 1.88. The lowest BCUT2D eigenvalue weighted by Crippen LogP contribution is -2.82. The number of hydrogen-bond donors (Lipinski definition) is 2. The first-order chi connectivity index (χ1) is 22.4. The fraction of sp³-hybridized carbons (Fsp3) is 0.714. The second kappa shape index (κ2) is 12.7. The maximum atomic E-state index is 15.6. The number of aliphatic hydroxyl groups is 2. The number of Topliss-reactive ketones (excluding diaryl/α,β-unsaturated/α-hetero) is 1. The van der Waals surface area contributed by atoms with E-state index in [2.05, 4.69) is 20.8 Å². The molecule has 266 valence electrons. The van der Waals surface area contributed by atoms with Crippen LogP contribution in [0.5, 0.6) is 0 Å². The molecule has 3 aliphatic carbocycles. The Bertz CT molecular complexity index is 1480. The number of esters is 3. The van der Waals surface area contributed by atoms with Gasteiger partial charge in [0.05, 0.1) is 30.1 Å². The van der Waals surface area contributed by atoms with Gasteiger partial charge in [-0.3, -0.25) is 14.4 Å². The van der Waals surface area contributed by atoms with Gasteiger partial charge in [0.25, 0.3) is 0 Å². The second-order valence-corrected chi connectivity index (χ2v) is 20.4. The highest BCUT2D eigenvalue weighted by molar-refractivity contribution is 7.11. The Kier molecular flexibility index (Phi) is 9.76. The second-order valence-electron chi connectivity index (χ2n) is 14.7. The summed E-state index contributed by atoms with van der Waals surface area (Å²) in [6, 6.07) is 5.61. The minimum Gasteiger partial charge on any atom is -0.455 e. The minimum atomic E-state index is -2.47. The van der Waals surface area contributed by atoms with Crippen LogP contribution in [0.15, 0.2) is 28.7 Å². The van der Waals surface area contributed by atoms with E-state index in [1.165, 1.54) is 13.8 Å². The van der Waals surface area contributed by atoms with Gasteiger partial charge in [-0.1, -0.05) is 40.7 Å². The van der Waals surface area contributed by atoms with E-state index in [1.807, 2.05) is 0 Å². The molecule has 1 saturated heterocycles. The Morgan fingerprint density at radius 1 is 1.06 bits per heavy atom. The maximum absolute atomic E-state index is 15.6. The molecule has 1 aromatic rings. The highest BCUT2D eigenvalue weighted by atomic mass is 32.1. The van der Waals surface area contributed by atoms with Gasteiger partial charge in [-0.2, -0.15) is 0 Å². The summed E-state index contributed by atoms with van der Waals surface area (Å²) >= 11 is 1.16. The summed E-state index contributed by atoms with van der Waals surface area (Å²) in [4.78, 5) is 55.6. The zero-order valence-electron chi connectivity index (χ0n) is 29.4. The zero-order chi connectivity index (χ0) is 35.6. The van der Waals surface area contributed by atoms with Crippen molar-refractivity contribution in [3.05, 3.63) is 33.5 Å². The van der Waals surface area contributed by atoms with Crippen molar-refractivity contribution in [2.45, 2.75) is 135 Å². The van der Waals surface area contributed by atoms with Gasteiger partial charge in [0.15, 0.2) is 25.8 Å². The van der Waals surface area contributed by atoms with Gasteiger partial charge in [0, 0.05) is 32.1 Å². The van der Waals surface area contributed by atoms with E-state index in [4.69, 9.17) is 23.4 Å². The van der Waals surface area contributed by atoms with Crippen LogP contribution in [0.25, 0.3) is 0 Å². The predicted octanol–water partition coefficient (Wildman–Crippen LogP) is 4.74. The molecule has 0 aromatic carbocycles. The van der Waals surface area contributed by atoms with Gasteiger partial charge in [-0.25, -0.2) is 4.79 Å². The molecule has 5 rings (SSSR count). The van der Waals surface area contributed by atoms with Crippen molar-refractivity contribution in [2.24, 2.45) is 16.7 Å². The van der Waals surface area contributed by atoms with Crippen LogP contribution in [0, 0.1) is 16.7 Å². The smallest absolute Gasteiger partial charge is 0.348 e. The van der Waals surface area contributed by atoms with Crippen LogP contribution in [0.2, 0.25) is 18.1 Å². The van der Waals surface area contributed by atoms with Gasteiger partial charge in [0.1, 0.15) is 22.7 Å². The predicted molar refractivity (Wildman–Crippen MR) is 179 cm³/mol. The first-order valence-corrected chi connectivity index (χ1v) is 20.4. The lowest BCUT2D eigenvalue weighted by atomic mass is 9.44. The fourth-order valence-electron chi connectivity index (χ4n) is 9.17. The third-order valence-electron chi connectivity index (χ3n) is 12.2. The molecule has 2 bridgehead atoms. The van der Waals surface area contributed by atoms with Crippen LogP contribution >= 0.6 is 11.3 Å². The molecule has 13 heteroatoms. The van der Waals surface area contributed by atoms with Gasteiger partial charge < -0.3 is 33.6 Å². The molecule has 0 unspecified atom stereocenters. The van der Waals surface area contributed by atoms with Gasteiger partial charge in [0.2, 0.25) is 0 Å². The molecule has 1 aliphatic heterocycles. The fourth-order valence-corrected chi connectivity index (χ4v) is 12.7. The van der Waals surface area contributed by atoms with Crippen LogP contribution in [-0.4, -0.2) is 90.6 Å². The number of fused-ring (bicyclic) bond motifs is 5. The molecule has 2 heterocycles. The zero-order valence-corrected chi connectivity index (χ0v) is 31.2. The first-order valence-electron chi connectivity index (χ1n) is 17.0. The highest BCUT2D eigenvalue weighted by Gasteiger charge is 2.78. The Morgan fingerprint density at radius 3 is 2.21 bits per heavy atom. The summed E-state index contributed by atoms with van der Waals surface area (Å²) in [5.74, 6) is -3.85. The van der Waals surface area contributed by atoms with Crippen LogP contribution in [0.3, 0.4) is 0 Å². The molecule has 4 aliphatic rings. The summed E-state index contributed by atoms with van der Waals surface area (Å²) < 4.78 is 31.8. The summed E-state index contributed by atoms with van der Waals surface area (Å²) in [6.45, 7) is 15.3. The number of hydrogen-bond acceptors (Lipinski definition) is 12. The van der Waals surface area contributed by atoms with Crippen molar-refractivity contribution >= 4 is 43.3 Å². The van der Waals surface area contributed by atoms with Crippen LogP contribution in [-0.2, 0) is 37.8 Å². The lowest BCUT2D eigenvalue weighted by Gasteiger charge is -2.68. The third kappa shape index (κ3) is 5.34. The molecule has 9 atom stereocenters. The van der Waals surface area contributed by atoms with E-state index in [-0.39, 0.29) is 29.9 Å². The van der Waals surface area contributed by atoms with E-state index in [9.17, 15) is 24.6 Å². The Labute approximate surface area is 287 Å². The van der Waals surface area contributed by atoms with E-state index >= 15 is 4.79 Å². The molecule has 11 nitrogen and oxygen atoms in total. The molecule has 3 fully saturated rings. The van der Waals surface area contributed by atoms with Crippen molar-refractivity contribution in [2.75, 3.05) is 6.61 Å². The van der Waals surface area contributed by atoms with Gasteiger partial charge in [-0.15, -0.1) is 11.3 Å². The third-order valence-corrected chi connectivity index (χ3v) is 17.7. The van der Waals surface area contributed by atoms with Gasteiger partial charge in [-0.05, 0) is 54.6 Å². The molecular weight excluding hydrogens is 657 g/mol. The topological polar surface area (TPSA) is 155 Å². The summed E-state index contributed by atoms with van der Waals surface area (Å²) in [6.07, 6.45) is -5.97. The summed E-state index contributed by atoms with van der Waals surface area (Å²) in [7, 11) is -2.47. The summed E-state index contributed by atoms with van der Waals surface area (Å²) in [5.41, 5.74) is -5.97. The number of thiophene rings is 1. The van der Waals surface area contributed by atoms with Crippen molar-refractivity contribution in [3.8, 4) is 0 Å². The molecule has 2 saturated carbocycles. The Morgan fingerprint density at radius 2 is 1.71 bits per heavy atom. The number of carbonyl (C=O) groups is 4. The molecule has 0 spiro atoms. The summed E-state index contributed by atoms with van der Waals surface area (Å²) in [5, 5.41) is 26.5. The molecule has 0 amide bonds. The molecule has 1 aromatic heterocycles. The molecule has 2 N–H and O–H groups in total. The van der Waals surface area contributed by atoms with Gasteiger partial charge >= 0.3 is 17.9 Å².